The molecule has 0 aromatic rings. The Balaban J connectivity index is 1.33. The molecule has 140 valence electrons. The second-order valence-corrected chi connectivity index (χ2v) is 10.9. The van der Waals surface area contributed by atoms with Gasteiger partial charge in [-0.1, -0.05) is 12.5 Å². The van der Waals surface area contributed by atoms with Gasteiger partial charge in [0.2, 0.25) is 0 Å². The predicted molar refractivity (Wildman–Crippen MR) is 99.4 cm³/mol. The number of carbonyl (C=O) groups excluding carboxylic acids is 1. The largest absolute Gasteiger partial charge is 0.374 e. The fraction of sp³-hybridized carbons (Fsp3) is 0.875. The van der Waals surface area contributed by atoms with Crippen LogP contribution in [0.15, 0.2) is 11.6 Å². The zero-order valence-electron chi connectivity index (χ0n) is 16.1. The van der Waals surface area contributed by atoms with E-state index in [0.717, 1.165) is 66.8 Å². The first-order valence-corrected chi connectivity index (χ1v) is 11.6. The molecule has 1 heterocycles. The molecular formula is C24H32O2. The van der Waals surface area contributed by atoms with E-state index in [9.17, 15) is 4.79 Å². The Hall–Kier alpha value is -0.630. The molecule has 0 N–H and O–H groups in total. The maximum atomic E-state index is 12.1. The Morgan fingerprint density at radius 2 is 2.04 bits per heavy atom. The smallest absolute Gasteiger partial charge is 0.155 e. The van der Waals surface area contributed by atoms with Crippen LogP contribution in [0.4, 0.5) is 0 Å². The Labute approximate surface area is 157 Å². The molecule has 0 radical (unpaired) electrons. The van der Waals surface area contributed by atoms with Crippen LogP contribution in [-0.2, 0) is 9.53 Å². The van der Waals surface area contributed by atoms with Crippen molar-refractivity contribution in [1.82, 2.24) is 0 Å². The molecule has 0 aromatic carbocycles. The number of ketones is 1. The molecule has 7 rings (SSSR count). The van der Waals surface area contributed by atoms with Crippen molar-refractivity contribution in [2.75, 3.05) is 6.61 Å². The van der Waals surface area contributed by atoms with E-state index in [4.69, 9.17) is 4.74 Å². The van der Waals surface area contributed by atoms with Gasteiger partial charge in [0.15, 0.2) is 5.78 Å². The van der Waals surface area contributed by atoms with Crippen LogP contribution >= 0.6 is 0 Å². The van der Waals surface area contributed by atoms with Crippen LogP contribution in [0, 0.1) is 52.8 Å². The Kier molecular flexibility index (Phi) is 2.75. The number of hydrogen-bond donors (Lipinski definition) is 0. The van der Waals surface area contributed by atoms with Crippen molar-refractivity contribution in [2.24, 2.45) is 52.8 Å². The maximum Gasteiger partial charge on any atom is 0.155 e. The third kappa shape index (κ3) is 1.53. The van der Waals surface area contributed by atoms with Gasteiger partial charge in [0, 0.05) is 18.4 Å². The average Bonchev–Trinajstić information content (AvgIpc) is 3.56. The number of carbonyl (C=O) groups is 1. The summed E-state index contributed by atoms with van der Waals surface area (Å²) in [5, 5.41) is 0. The van der Waals surface area contributed by atoms with E-state index in [1.54, 1.807) is 5.57 Å². The standard InChI is InChI=1S/C24H32O2/c1-2-23-8-6-15-14-5-4-13(25)10-16(14)17-11-18(17)21(15)22(23)19-12-20(19)24(23)7-3-9-26-24/h10,14-15,17-22H,2-9,11-12H2,1H3/t14?,15?,17?,18?,19?,20-,21?,22?,23-,24-/m0/s1. The lowest BCUT2D eigenvalue weighted by molar-refractivity contribution is -0.161. The number of rotatable bonds is 1. The Bertz CT molecular complexity index is 716. The highest BCUT2D eigenvalue weighted by molar-refractivity contribution is 5.91. The van der Waals surface area contributed by atoms with Crippen molar-refractivity contribution in [3.05, 3.63) is 11.6 Å². The summed E-state index contributed by atoms with van der Waals surface area (Å²) in [6.07, 6.45) is 13.8. The van der Waals surface area contributed by atoms with Gasteiger partial charge in [0.25, 0.3) is 0 Å². The monoisotopic (exact) mass is 352 g/mol. The summed E-state index contributed by atoms with van der Waals surface area (Å²) in [6.45, 7) is 3.51. The van der Waals surface area contributed by atoms with Crippen molar-refractivity contribution in [1.29, 1.82) is 0 Å². The van der Waals surface area contributed by atoms with E-state index in [-0.39, 0.29) is 5.60 Å². The summed E-state index contributed by atoms with van der Waals surface area (Å²) in [7, 11) is 0. The van der Waals surface area contributed by atoms with E-state index in [0.29, 0.717) is 11.2 Å². The van der Waals surface area contributed by atoms with Crippen LogP contribution in [0.2, 0.25) is 0 Å². The Morgan fingerprint density at radius 3 is 2.85 bits per heavy atom. The topological polar surface area (TPSA) is 26.3 Å². The lowest BCUT2D eigenvalue weighted by atomic mass is 9.47. The minimum atomic E-state index is 0.269. The van der Waals surface area contributed by atoms with Crippen LogP contribution in [0.5, 0.6) is 0 Å². The maximum absolute atomic E-state index is 12.1. The van der Waals surface area contributed by atoms with Gasteiger partial charge in [0.05, 0.1) is 5.60 Å². The summed E-state index contributed by atoms with van der Waals surface area (Å²) in [4.78, 5) is 12.1. The lowest BCUT2D eigenvalue weighted by Gasteiger charge is -2.58. The molecule has 2 nitrogen and oxygen atoms in total. The summed E-state index contributed by atoms with van der Waals surface area (Å²) >= 11 is 0. The molecule has 0 amide bonds. The first kappa shape index (κ1) is 15.3. The normalized spacial score (nSPS) is 61.3. The molecule has 1 saturated heterocycles. The molecule has 0 bridgehead atoms. The molecule has 26 heavy (non-hydrogen) atoms. The predicted octanol–water partition coefficient (Wildman–Crippen LogP) is 4.78. The number of ether oxygens (including phenoxy) is 1. The molecule has 6 aliphatic carbocycles. The SMILES string of the molecule is CC[C@]12CCC3C4CCC(=O)C=C4C4CC4C3C1C1C[C@@H]1[C@@]21CCCO1. The third-order valence-corrected chi connectivity index (χ3v) is 10.6. The molecule has 10 atom stereocenters. The van der Waals surface area contributed by atoms with Crippen LogP contribution in [0.1, 0.15) is 64.7 Å². The Morgan fingerprint density at radius 1 is 1.12 bits per heavy atom. The second kappa shape index (κ2) is 4.67. The van der Waals surface area contributed by atoms with Gasteiger partial charge in [0.1, 0.15) is 0 Å². The van der Waals surface area contributed by atoms with Crippen molar-refractivity contribution in [3.63, 3.8) is 0 Å². The minimum Gasteiger partial charge on any atom is -0.374 e. The average molecular weight is 353 g/mol. The third-order valence-electron chi connectivity index (χ3n) is 10.6. The summed E-state index contributed by atoms with van der Waals surface area (Å²) in [5.74, 6) is 7.56. The second-order valence-electron chi connectivity index (χ2n) is 10.9. The highest BCUT2D eigenvalue weighted by atomic mass is 16.5. The number of allylic oxidation sites excluding steroid dienone is 1. The summed E-state index contributed by atoms with van der Waals surface area (Å²) < 4.78 is 6.71. The fourth-order valence-electron chi connectivity index (χ4n) is 9.93. The van der Waals surface area contributed by atoms with Crippen LogP contribution in [0.3, 0.4) is 0 Å². The van der Waals surface area contributed by atoms with Crippen LogP contribution < -0.4 is 0 Å². The first-order valence-electron chi connectivity index (χ1n) is 11.6. The zero-order valence-corrected chi connectivity index (χ0v) is 16.1. The molecule has 1 spiro atoms. The molecule has 5 saturated carbocycles. The van der Waals surface area contributed by atoms with Gasteiger partial charge >= 0.3 is 0 Å². The van der Waals surface area contributed by atoms with Gasteiger partial charge in [-0.15, -0.1) is 0 Å². The summed E-state index contributed by atoms with van der Waals surface area (Å²) in [5.41, 5.74) is 2.37. The van der Waals surface area contributed by atoms with E-state index in [1.165, 1.54) is 44.9 Å². The molecule has 7 aliphatic rings. The van der Waals surface area contributed by atoms with Gasteiger partial charge in [-0.3, -0.25) is 4.79 Å². The molecule has 0 aromatic heterocycles. The molecular weight excluding hydrogens is 320 g/mol. The number of hydrogen-bond acceptors (Lipinski definition) is 2. The molecule has 7 unspecified atom stereocenters. The van der Waals surface area contributed by atoms with Crippen molar-refractivity contribution in [2.45, 2.75) is 70.3 Å². The van der Waals surface area contributed by atoms with E-state index < -0.39 is 0 Å². The lowest BCUT2D eigenvalue weighted by Crippen LogP contribution is -2.56. The van der Waals surface area contributed by atoms with E-state index >= 15 is 0 Å². The summed E-state index contributed by atoms with van der Waals surface area (Å²) in [6, 6.07) is 0. The molecule has 1 aliphatic heterocycles. The molecule has 2 heteroatoms. The first-order chi connectivity index (χ1) is 12.7. The highest BCUT2D eigenvalue weighted by Crippen LogP contribution is 2.81. The van der Waals surface area contributed by atoms with Crippen molar-refractivity contribution >= 4 is 5.78 Å². The van der Waals surface area contributed by atoms with E-state index in [1.807, 2.05) is 0 Å². The van der Waals surface area contributed by atoms with Crippen LogP contribution in [0.25, 0.3) is 0 Å². The quantitative estimate of drug-likeness (QED) is 0.679. The van der Waals surface area contributed by atoms with Crippen molar-refractivity contribution < 1.29 is 9.53 Å². The number of fused-ring (bicyclic) bond motifs is 12. The van der Waals surface area contributed by atoms with Crippen LogP contribution in [-0.4, -0.2) is 18.0 Å². The van der Waals surface area contributed by atoms with Gasteiger partial charge in [-0.05, 0) is 105 Å². The van der Waals surface area contributed by atoms with E-state index in [2.05, 4.69) is 13.0 Å². The van der Waals surface area contributed by atoms with Gasteiger partial charge in [-0.25, -0.2) is 0 Å². The molecule has 6 fully saturated rings. The van der Waals surface area contributed by atoms with Crippen molar-refractivity contribution in [3.8, 4) is 0 Å². The minimum absolute atomic E-state index is 0.269. The van der Waals surface area contributed by atoms with Gasteiger partial charge < -0.3 is 4.74 Å². The fourth-order valence-corrected chi connectivity index (χ4v) is 9.93. The zero-order chi connectivity index (χ0) is 17.3. The highest BCUT2D eigenvalue weighted by Gasteiger charge is 2.79. The van der Waals surface area contributed by atoms with Gasteiger partial charge in [-0.2, -0.15) is 0 Å².